The van der Waals surface area contributed by atoms with Gasteiger partial charge in [-0.3, -0.25) is 4.79 Å². The van der Waals surface area contributed by atoms with Crippen molar-refractivity contribution < 1.29 is 29.1 Å². The standard InChI is InChI=1S/C13H10N2O6/c1-6-5-14-21-10(6)11(16)15-9-3-7(12(17)18)2-8(4-9)13(19)20/h2-5H,1H3,(H,15,16)(H,17,18)(H,19,20). The van der Waals surface area contributed by atoms with Crippen molar-refractivity contribution in [2.45, 2.75) is 6.92 Å². The van der Waals surface area contributed by atoms with Gasteiger partial charge in [0, 0.05) is 11.3 Å². The molecule has 8 heteroatoms. The van der Waals surface area contributed by atoms with Gasteiger partial charge in [-0.1, -0.05) is 5.16 Å². The quantitative estimate of drug-likeness (QED) is 0.780. The Bertz CT molecular complexity index is 702. The van der Waals surface area contributed by atoms with Crippen LogP contribution in [0.5, 0.6) is 0 Å². The molecule has 0 radical (unpaired) electrons. The minimum atomic E-state index is -1.30. The van der Waals surface area contributed by atoms with Gasteiger partial charge in [0.1, 0.15) is 0 Å². The van der Waals surface area contributed by atoms with Crippen molar-refractivity contribution in [1.29, 1.82) is 0 Å². The average molecular weight is 290 g/mol. The molecule has 8 nitrogen and oxygen atoms in total. The van der Waals surface area contributed by atoms with Gasteiger partial charge >= 0.3 is 11.9 Å². The number of carboxylic acid groups (broad SMARTS) is 2. The van der Waals surface area contributed by atoms with Crippen molar-refractivity contribution in [2.24, 2.45) is 0 Å². The number of benzene rings is 1. The molecule has 3 N–H and O–H groups in total. The van der Waals surface area contributed by atoms with Gasteiger partial charge < -0.3 is 20.1 Å². The molecule has 0 unspecified atom stereocenters. The number of aromatic carboxylic acids is 2. The van der Waals surface area contributed by atoms with E-state index in [9.17, 15) is 14.4 Å². The number of hydrogen-bond acceptors (Lipinski definition) is 5. The summed E-state index contributed by atoms with van der Waals surface area (Å²) in [6, 6.07) is 3.30. The van der Waals surface area contributed by atoms with Gasteiger partial charge in [-0.15, -0.1) is 0 Å². The van der Waals surface area contributed by atoms with E-state index >= 15 is 0 Å². The lowest BCUT2D eigenvalue weighted by Crippen LogP contribution is -2.13. The summed E-state index contributed by atoms with van der Waals surface area (Å²) in [7, 11) is 0. The molecule has 1 aromatic carbocycles. The number of aromatic nitrogens is 1. The smallest absolute Gasteiger partial charge is 0.335 e. The molecule has 1 amide bonds. The van der Waals surface area contributed by atoms with E-state index in [0.717, 1.165) is 18.2 Å². The van der Waals surface area contributed by atoms with Gasteiger partial charge in [0.15, 0.2) is 0 Å². The summed E-state index contributed by atoms with van der Waals surface area (Å²) in [5, 5.41) is 23.7. The summed E-state index contributed by atoms with van der Waals surface area (Å²) in [5.41, 5.74) is 0.0347. The molecule has 0 saturated heterocycles. The van der Waals surface area contributed by atoms with Crippen LogP contribution in [0.3, 0.4) is 0 Å². The van der Waals surface area contributed by atoms with Gasteiger partial charge in [-0.05, 0) is 25.1 Å². The molecular formula is C13H10N2O6. The van der Waals surface area contributed by atoms with E-state index < -0.39 is 17.8 Å². The molecule has 108 valence electrons. The SMILES string of the molecule is Cc1cnoc1C(=O)Nc1cc(C(=O)O)cc(C(=O)O)c1. The number of carbonyl (C=O) groups is 3. The molecule has 1 aromatic heterocycles. The third-order valence-corrected chi connectivity index (χ3v) is 2.64. The molecule has 0 bridgehead atoms. The number of nitrogens with one attached hydrogen (secondary N) is 1. The van der Waals surface area contributed by atoms with Crippen LogP contribution in [0.4, 0.5) is 5.69 Å². The second-order valence-electron chi connectivity index (χ2n) is 4.20. The van der Waals surface area contributed by atoms with Gasteiger partial charge in [-0.25, -0.2) is 9.59 Å². The molecule has 0 aliphatic heterocycles. The number of nitrogens with zero attached hydrogens (tertiary/aromatic N) is 1. The van der Waals surface area contributed by atoms with Crippen LogP contribution in [-0.4, -0.2) is 33.2 Å². The number of rotatable bonds is 4. The van der Waals surface area contributed by atoms with E-state index in [1.165, 1.54) is 6.20 Å². The highest BCUT2D eigenvalue weighted by atomic mass is 16.5. The summed E-state index contributed by atoms with van der Waals surface area (Å²) in [6.45, 7) is 1.61. The Labute approximate surface area is 118 Å². The van der Waals surface area contributed by atoms with E-state index in [2.05, 4.69) is 10.5 Å². The zero-order valence-electron chi connectivity index (χ0n) is 10.8. The van der Waals surface area contributed by atoms with Crippen molar-refractivity contribution in [1.82, 2.24) is 5.16 Å². The molecule has 0 spiro atoms. The lowest BCUT2D eigenvalue weighted by Gasteiger charge is -2.06. The number of anilines is 1. The predicted molar refractivity (Wildman–Crippen MR) is 69.6 cm³/mol. The lowest BCUT2D eigenvalue weighted by molar-refractivity contribution is 0.0696. The normalized spacial score (nSPS) is 10.1. The first-order chi connectivity index (χ1) is 9.88. The Morgan fingerprint density at radius 3 is 2.10 bits per heavy atom. The fraction of sp³-hybridized carbons (Fsp3) is 0.0769. The predicted octanol–water partition coefficient (Wildman–Crippen LogP) is 1.63. The van der Waals surface area contributed by atoms with Crippen LogP contribution >= 0.6 is 0 Å². The average Bonchev–Trinajstić information content (AvgIpc) is 2.84. The highest BCUT2D eigenvalue weighted by Gasteiger charge is 2.17. The topological polar surface area (TPSA) is 130 Å². The fourth-order valence-electron chi connectivity index (χ4n) is 1.64. The van der Waals surface area contributed by atoms with Gasteiger partial charge in [0.05, 0.1) is 17.3 Å². The van der Waals surface area contributed by atoms with Crippen LogP contribution in [-0.2, 0) is 0 Å². The largest absolute Gasteiger partial charge is 0.478 e. The highest BCUT2D eigenvalue weighted by molar-refractivity contribution is 6.04. The van der Waals surface area contributed by atoms with Crippen molar-refractivity contribution in [3.05, 3.63) is 46.8 Å². The van der Waals surface area contributed by atoms with Crippen LogP contribution < -0.4 is 5.32 Å². The maximum absolute atomic E-state index is 11.9. The van der Waals surface area contributed by atoms with Crippen LogP contribution in [0, 0.1) is 6.92 Å². The zero-order chi connectivity index (χ0) is 15.6. The monoisotopic (exact) mass is 290 g/mol. The molecule has 1 heterocycles. The van der Waals surface area contributed by atoms with Crippen LogP contribution in [0.15, 0.2) is 28.9 Å². The molecule has 0 fully saturated rings. The Morgan fingerprint density at radius 2 is 1.67 bits per heavy atom. The number of carbonyl (C=O) groups excluding carboxylic acids is 1. The van der Waals surface area contributed by atoms with Gasteiger partial charge in [-0.2, -0.15) is 0 Å². The third-order valence-electron chi connectivity index (χ3n) is 2.64. The summed E-state index contributed by atoms with van der Waals surface area (Å²) < 4.78 is 4.76. The van der Waals surface area contributed by atoms with E-state index in [1.807, 2.05) is 0 Å². The summed E-state index contributed by atoms with van der Waals surface area (Å²) in [5.74, 6) is -3.29. The molecule has 0 saturated carbocycles. The lowest BCUT2D eigenvalue weighted by atomic mass is 10.1. The molecule has 0 aliphatic rings. The van der Waals surface area contributed by atoms with E-state index in [0.29, 0.717) is 5.56 Å². The van der Waals surface area contributed by atoms with Crippen molar-refractivity contribution in [2.75, 3.05) is 5.32 Å². The van der Waals surface area contributed by atoms with Gasteiger partial charge in [0.2, 0.25) is 5.76 Å². The van der Waals surface area contributed by atoms with Crippen LogP contribution in [0.1, 0.15) is 36.8 Å². The highest BCUT2D eigenvalue weighted by Crippen LogP contribution is 2.17. The number of amides is 1. The van der Waals surface area contributed by atoms with E-state index in [4.69, 9.17) is 14.7 Å². The van der Waals surface area contributed by atoms with Crippen LogP contribution in [0.2, 0.25) is 0 Å². The summed E-state index contributed by atoms with van der Waals surface area (Å²) >= 11 is 0. The summed E-state index contributed by atoms with van der Waals surface area (Å²) in [6.07, 6.45) is 1.35. The van der Waals surface area contributed by atoms with Crippen LogP contribution in [0.25, 0.3) is 0 Å². The Morgan fingerprint density at radius 1 is 1.10 bits per heavy atom. The Balaban J connectivity index is 2.35. The summed E-state index contributed by atoms with van der Waals surface area (Å²) in [4.78, 5) is 33.8. The number of carboxylic acids is 2. The van der Waals surface area contributed by atoms with Gasteiger partial charge in [0.25, 0.3) is 5.91 Å². The van der Waals surface area contributed by atoms with Crippen molar-refractivity contribution in [3.8, 4) is 0 Å². The molecule has 21 heavy (non-hydrogen) atoms. The molecular weight excluding hydrogens is 280 g/mol. The molecule has 0 aliphatic carbocycles. The Hall–Kier alpha value is -3.16. The minimum Gasteiger partial charge on any atom is -0.478 e. The second kappa shape index (κ2) is 5.45. The second-order valence-corrected chi connectivity index (χ2v) is 4.20. The first-order valence-electron chi connectivity index (χ1n) is 5.73. The maximum Gasteiger partial charge on any atom is 0.335 e. The van der Waals surface area contributed by atoms with E-state index in [-0.39, 0.29) is 22.6 Å². The Kier molecular flexibility index (Phi) is 3.70. The van der Waals surface area contributed by atoms with Crippen molar-refractivity contribution >= 4 is 23.5 Å². The first kappa shape index (κ1) is 14.3. The third kappa shape index (κ3) is 3.06. The zero-order valence-corrected chi connectivity index (χ0v) is 10.8. The van der Waals surface area contributed by atoms with E-state index in [1.54, 1.807) is 6.92 Å². The molecule has 0 atom stereocenters. The van der Waals surface area contributed by atoms with Crippen molar-refractivity contribution in [3.63, 3.8) is 0 Å². The maximum atomic E-state index is 11.9. The fourth-order valence-corrected chi connectivity index (χ4v) is 1.64. The number of aryl methyl sites for hydroxylation is 1. The first-order valence-corrected chi connectivity index (χ1v) is 5.73. The minimum absolute atomic E-state index is 0.0346. The molecule has 2 rings (SSSR count). The molecule has 2 aromatic rings. The number of hydrogen-bond donors (Lipinski definition) is 3.